The lowest BCUT2D eigenvalue weighted by Gasteiger charge is -2.13. The number of hydrogen-bond donors (Lipinski definition) is 2. The molecule has 2 rings (SSSR count). The van der Waals surface area contributed by atoms with E-state index in [1.807, 2.05) is 18.2 Å². The summed E-state index contributed by atoms with van der Waals surface area (Å²) in [7, 11) is 0. The number of guanidine groups is 1. The third-order valence-electron chi connectivity index (χ3n) is 4.28. The van der Waals surface area contributed by atoms with Crippen LogP contribution in [0, 0.1) is 5.92 Å². The fourth-order valence-electron chi connectivity index (χ4n) is 2.64. The van der Waals surface area contributed by atoms with E-state index in [9.17, 15) is 0 Å². The van der Waals surface area contributed by atoms with Gasteiger partial charge in [-0.05, 0) is 24.8 Å². The van der Waals surface area contributed by atoms with Crippen LogP contribution in [0.3, 0.4) is 0 Å². The zero-order valence-electron chi connectivity index (χ0n) is 18.1. The summed E-state index contributed by atoms with van der Waals surface area (Å²) in [5, 5.41) is 10.6. The topological polar surface area (TPSA) is 84.6 Å². The van der Waals surface area contributed by atoms with Gasteiger partial charge in [-0.15, -0.1) is 0 Å². The molecule has 0 saturated heterocycles. The monoisotopic (exact) mass is 401 g/mol. The van der Waals surface area contributed by atoms with Gasteiger partial charge in [-0.1, -0.05) is 56.3 Å². The fourth-order valence-corrected chi connectivity index (χ4v) is 2.64. The highest BCUT2D eigenvalue weighted by Crippen LogP contribution is 2.10. The smallest absolute Gasteiger partial charge is 0.226 e. The van der Waals surface area contributed by atoms with Gasteiger partial charge in [-0.3, -0.25) is 4.99 Å². The molecular weight excluding hydrogens is 366 g/mol. The molecule has 1 heterocycles. The second kappa shape index (κ2) is 12.9. The maximum absolute atomic E-state index is 5.81. The quantitative estimate of drug-likeness (QED) is 0.321. The molecular formula is C22H35N5O2. The van der Waals surface area contributed by atoms with Gasteiger partial charge in [0.15, 0.2) is 11.8 Å². The average molecular weight is 402 g/mol. The molecule has 0 aliphatic carbocycles. The molecule has 0 aliphatic heterocycles. The standard InChI is InChI=1S/C22H35N5O2/c1-5-23-22(24-13-9-12-20-26-21(17(2)3)27-29-20)25-14-18(4)15-28-16-19-10-7-6-8-11-19/h6-8,10-11,17-18H,5,9,12-16H2,1-4H3,(H2,23,24,25). The van der Waals surface area contributed by atoms with Gasteiger partial charge in [0.2, 0.25) is 5.89 Å². The molecule has 7 heteroatoms. The highest BCUT2D eigenvalue weighted by Gasteiger charge is 2.09. The van der Waals surface area contributed by atoms with Gasteiger partial charge in [0, 0.05) is 32.0 Å². The number of aromatic nitrogens is 2. The summed E-state index contributed by atoms with van der Waals surface area (Å²) in [5.74, 6) is 2.93. The van der Waals surface area contributed by atoms with Crippen LogP contribution in [0.1, 0.15) is 57.3 Å². The minimum absolute atomic E-state index is 0.289. The lowest BCUT2D eigenvalue weighted by atomic mass is 10.2. The summed E-state index contributed by atoms with van der Waals surface area (Å²) >= 11 is 0. The van der Waals surface area contributed by atoms with Crippen molar-refractivity contribution in [1.82, 2.24) is 20.8 Å². The summed E-state index contributed by atoms with van der Waals surface area (Å²) in [6.45, 7) is 12.0. The number of benzene rings is 1. The van der Waals surface area contributed by atoms with Crippen LogP contribution in [0.25, 0.3) is 0 Å². The van der Waals surface area contributed by atoms with E-state index in [1.54, 1.807) is 0 Å². The summed E-state index contributed by atoms with van der Waals surface area (Å²) in [5.41, 5.74) is 1.19. The Hall–Kier alpha value is -2.41. The Balaban J connectivity index is 1.66. The lowest BCUT2D eigenvalue weighted by Crippen LogP contribution is -2.38. The molecule has 0 radical (unpaired) electrons. The summed E-state index contributed by atoms with van der Waals surface area (Å²) in [6.07, 6.45) is 1.66. The number of rotatable bonds is 12. The van der Waals surface area contributed by atoms with E-state index >= 15 is 0 Å². The predicted octanol–water partition coefficient (Wildman–Crippen LogP) is 3.53. The highest BCUT2D eigenvalue weighted by molar-refractivity contribution is 5.79. The van der Waals surface area contributed by atoms with E-state index in [1.165, 1.54) is 5.56 Å². The van der Waals surface area contributed by atoms with Crippen molar-refractivity contribution in [3.63, 3.8) is 0 Å². The Morgan fingerprint density at radius 2 is 1.97 bits per heavy atom. The van der Waals surface area contributed by atoms with Gasteiger partial charge in [0.25, 0.3) is 0 Å². The first-order valence-electron chi connectivity index (χ1n) is 10.5. The Bertz CT molecular complexity index is 715. The maximum atomic E-state index is 5.81. The number of nitrogens with one attached hydrogen (secondary N) is 2. The van der Waals surface area contributed by atoms with E-state index in [-0.39, 0.29) is 5.92 Å². The molecule has 1 unspecified atom stereocenters. The molecule has 0 bridgehead atoms. The lowest BCUT2D eigenvalue weighted by molar-refractivity contribution is 0.0945. The third kappa shape index (κ3) is 9.09. The molecule has 0 spiro atoms. The largest absolute Gasteiger partial charge is 0.376 e. The molecule has 0 fully saturated rings. The molecule has 1 aromatic carbocycles. The van der Waals surface area contributed by atoms with Gasteiger partial charge in [0.05, 0.1) is 13.2 Å². The van der Waals surface area contributed by atoms with Crippen molar-refractivity contribution in [3.8, 4) is 0 Å². The maximum Gasteiger partial charge on any atom is 0.226 e. The second-order valence-corrected chi connectivity index (χ2v) is 7.56. The van der Waals surface area contributed by atoms with Crippen LogP contribution >= 0.6 is 0 Å². The Kier molecular flexibility index (Phi) is 10.2. The summed E-state index contributed by atoms with van der Waals surface area (Å²) in [4.78, 5) is 9.08. The Morgan fingerprint density at radius 1 is 1.17 bits per heavy atom. The van der Waals surface area contributed by atoms with Gasteiger partial charge in [-0.25, -0.2) is 0 Å². The van der Waals surface area contributed by atoms with Gasteiger partial charge in [0.1, 0.15) is 0 Å². The van der Waals surface area contributed by atoms with E-state index < -0.39 is 0 Å². The van der Waals surface area contributed by atoms with E-state index in [2.05, 4.69) is 65.6 Å². The first-order valence-corrected chi connectivity index (χ1v) is 10.5. The zero-order valence-corrected chi connectivity index (χ0v) is 18.1. The van der Waals surface area contributed by atoms with Crippen molar-refractivity contribution in [2.75, 3.05) is 26.2 Å². The molecule has 160 valence electrons. The Morgan fingerprint density at radius 3 is 2.66 bits per heavy atom. The SMILES string of the molecule is CCNC(=NCC(C)COCc1ccccc1)NCCCc1nc(C(C)C)no1. The summed E-state index contributed by atoms with van der Waals surface area (Å²) < 4.78 is 11.1. The van der Waals surface area contributed by atoms with Crippen molar-refractivity contribution < 1.29 is 9.26 Å². The number of aryl methyl sites for hydroxylation is 1. The van der Waals surface area contributed by atoms with E-state index in [0.29, 0.717) is 31.6 Å². The first kappa shape index (κ1) is 22.9. The van der Waals surface area contributed by atoms with E-state index in [0.717, 1.165) is 37.7 Å². The molecule has 0 aliphatic rings. The van der Waals surface area contributed by atoms with Crippen molar-refractivity contribution >= 4 is 5.96 Å². The van der Waals surface area contributed by atoms with Crippen LogP contribution in [0.4, 0.5) is 0 Å². The van der Waals surface area contributed by atoms with Gasteiger partial charge in [-0.2, -0.15) is 4.98 Å². The fraction of sp³-hybridized carbons (Fsp3) is 0.591. The van der Waals surface area contributed by atoms with E-state index in [4.69, 9.17) is 9.26 Å². The van der Waals surface area contributed by atoms with Gasteiger partial charge < -0.3 is 19.9 Å². The second-order valence-electron chi connectivity index (χ2n) is 7.56. The normalized spacial score (nSPS) is 12.9. The van der Waals surface area contributed by atoms with Crippen LogP contribution in [0.15, 0.2) is 39.8 Å². The predicted molar refractivity (Wildman–Crippen MR) is 116 cm³/mol. The number of aliphatic imine (C=N–C) groups is 1. The summed E-state index contributed by atoms with van der Waals surface area (Å²) in [6, 6.07) is 10.2. The number of hydrogen-bond acceptors (Lipinski definition) is 5. The van der Waals surface area contributed by atoms with Crippen LogP contribution in [-0.2, 0) is 17.8 Å². The molecule has 1 atom stereocenters. The van der Waals surface area contributed by atoms with Crippen molar-refractivity contribution in [3.05, 3.63) is 47.6 Å². The van der Waals surface area contributed by atoms with Crippen molar-refractivity contribution in [2.45, 2.75) is 53.1 Å². The molecule has 0 amide bonds. The minimum atomic E-state index is 0.289. The highest BCUT2D eigenvalue weighted by atomic mass is 16.5. The molecule has 29 heavy (non-hydrogen) atoms. The van der Waals surface area contributed by atoms with Gasteiger partial charge >= 0.3 is 0 Å². The average Bonchev–Trinajstić information content (AvgIpc) is 3.19. The zero-order chi connectivity index (χ0) is 20.9. The third-order valence-corrected chi connectivity index (χ3v) is 4.28. The van der Waals surface area contributed by atoms with Crippen LogP contribution in [0.2, 0.25) is 0 Å². The minimum Gasteiger partial charge on any atom is -0.376 e. The van der Waals surface area contributed by atoms with Crippen molar-refractivity contribution in [2.24, 2.45) is 10.9 Å². The molecule has 0 saturated carbocycles. The Labute approximate surface area is 174 Å². The number of nitrogens with zero attached hydrogens (tertiary/aromatic N) is 3. The van der Waals surface area contributed by atoms with Crippen LogP contribution < -0.4 is 10.6 Å². The molecule has 2 aromatic rings. The first-order chi connectivity index (χ1) is 14.1. The molecule has 7 nitrogen and oxygen atoms in total. The molecule has 2 N–H and O–H groups in total. The van der Waals surface area contributed by atoms with Crippen molar-refractivity contribution in [1.29, 1.82) is 0 Å². The van der Waals surface area contributed by atoms with Crippen LogP contribution in [-0.4, -0.2) is 42.3 Å². The van der Waals surface area contributed by atoms with Crippen LogP contribution in [0.5, 0.6) is 0 Å². The molecule has 1 aromatic heterocycles. The number of ether oxygens (including phenoxy) is 1.